The Kier molecular flexibility index (Phi) is 10.2. The van der Waals surface area contributed by atoms with Crippen LogP contribution in [0.25, 0.3) is 0 Å². The van der Waals surface area contributed by atoms with Crippen molar-refractivity contribution in [2.24, 2.45) is 0 Å². The third kappa shape index (κ3) is 7.20. The summed E-state index contributed by atoms with van der Waals surface area (Å²) in [6.07, 6.45) is 1.37. The summed E-state index contributed by atoms with van der Waals surface area (Å²) in [5.41, 5.74) is 10.1. The van der Waals surface area contributed by atoms with Crippen molar-refractivity contribution in [2.75, 3.05) is 12.0 Å². The number of methoxy groups -OCH3 is 1. The number of aromatic nitrogens is 1. The molecule has 2 aromatic rings. The number of nitrogens with zero attached hydrogens (tertiary/aromatic N) is 2. The van der Waals surface area contributed by atoms with Crippen molar-refractivity contribution >= 4 is 19.9 Å². The molecule has 1 aromatic heterocycles. The molecule has 0 aliphatic rings. The van der Waals surface area contributed by atoms with Crippen LogP contribution < -0.4 is 9.64 Å². The molecule has 0 N–H and O–H groups in total. The molecule has 0 spiro atoms. The summed E-state index contributed by atoms with van der Waals surface area (Å²) in [5.74, 6) is 4.34. The minimum absolute atomic E-state index is 0.260. The largest absolute Gasteiger partial charge is 0.496 e. The van der Waals surface area contributed by atoms with Crippen LogP contribution in [0.5, 0.6) is 5.75 Å². The average Bonchev–Trinajstić information content (AvgIpc) is 2.77. The van der Waals surface area contributed by atoms with Crippen molar-refractivity contribution in [3.8, 4) is 17.2 Å². The second-order valence-electron chi connectivity index (χ2n) is 12.3. The summed E-state index contributed by atoms with van der Waals surface area (Å²) in [7, 11) is -0.243. The van der Waals surface area contributed by atoms with E-state index in [1.165, 1.54) is 0 Å². The van der Waals surface area contributed by atoms with Gasteiger partial charge in [-0.05, 0) is 81.9 Å². The molecule has 0 saturated carbocycles. The standard InChI is InChI=1S/C32H48N2O3Si/c1-21(2)38(22(3)4,23(5)6)15-14-27-16-24(7)17-28(18-27)34(31(35)37-32(10,11)12)20-29-26(9)30(36-13)25(8)19-33-29/h16-19,21-23H,20H2,1-13H3. The third-order valence-electron chi connectivity index (χ3n) is 7.33. The van der Waals surface area contributed by atoms with Crippen LogP contribution in [-0.4, -0.2) is 31.9 Å². The number of ether oxygens (including phenoxy) is 2. The van der Waals surface area contributed by atoms with E-state index in [-0.39, 0.29) is 6.54 Å². The Morgan fingerprint density at radius 3 is 2.08 bits per heavy atom. The van der Waals surface area contributed by atoms with Crippen LogP contribution >= 0.6 is 0 Å². The zero-order valence-electron chi connectivity index (χ0n) is 25.9. The van der Waals surface area contributed by atoms with E-state index in [4.69, 9.17) is 9.47 Å². The molecule has 5 nitrogen and oxygen atoms in total. The van der Waals surface area contributed by atoms with E-state index in [1.54, 1.807) is 18.2 Å². The molecule has 208 valence electrons. The molecule has 1 heterocycles. The molecule has 38 heavy (non-hydrogen) atoms. The van der Waals surface area contributed by atoms with E-state index >= 15 is 0 Å². The van der Waals surface area contributed by atoms with Crippen molar-refractivity contribution in [1.82, 2.24) is 4.98 Å². The first kappa shape index (κ1) is 31.4. The third-order valence-corrected chi connectivity index (χ3v) is 13.6. The first-order valence-electron chi connectivity index (χ1n) is 13.7. The fraction of sp³-hybridized carbons (Fsp3) is 0.562. The maximum atomic E-state index is 13.5. The fourth-order valence-electron chi connectivity index (χ4n) is 5.56. The van der Waals surface area contributed by atoms with Crippen LogP contribution in [0.4, 0.5) is 10.5 Å². The summed E-state index contributed by atoms with van der Waals surface area (Å²) in [5, 5.41) is 0. The van der Waals surface area contributed by atoms with E-state index in [9.17, 15) is 4.79 Å². The Labute approximate surface area is 232 Å². The van der Waals surface area contributed by atoms with Crippen LogP contribution in [0.1, 0.15) is 90.3 Å². The number of benzene rings is 1. The van der Waals surface area contributed by atoms with Gasteiger partial charge in [0.2, 0.25) is 0 Å². The van der Waals surface area contributed by atoms with Gasteiger partial charge in [0.05, 0.1) is 19.3 Å². The van der Waals surface area contributed by atoms with Gasteiger partial charge in [-0.3, -0.25) is 9.88 Å². The smallest absolute Gasteiger partial charge is 0.415 e. The first-order chi connectivity index (χ1) is 17.5. The summed E-state index contributed by atoms with van der Waals surface area (Å²) in [6, 6.07) is 6.11. The molecule has 0 atom stereocenters. The van der Waals surface area contributed by atoms with Crippen molar-refractivity contribution in [1.29, 1.82) is 0 Å². The lowest BCUT2D eigenvalue weighted by Crippen LogP contribution is -2.43. The van der Waals surface area contributed by atoms with Crippen molar-refractivity contribution in [3.63, 3.8) is 0 Å². The first-order valence-corrected chi connectivity index (χ1v) is 15.9. The molecule has 1 aromatic carbocycles. The van der Waals surface area contributed by atoms with Gasteiger partial charge >= 0.3 is 6.09 Å². The minimum atomic E-state index is -1.90. The molecule has 0 aliphatic heterocycles. The van der Waals surface area contributed by atoms with Gasteiger partial charge in [-0.15, -0.1) is 5.54 Å². The number of anilines is 1. The van der Waals surface area contributed by atoms with Crippen LogP contribution in [0, 0.1) is 32.2 Å². The zero-order chi connectivity index (χ0) is 29.0. The van der Waals surface area contributed by atoms with Crippen LogP contribution in [0.15, 0.2) is 24.4 Å². The SMILES string of the molecule is COc1c(C)cnc(CN(C(=O)OC(C)(C)C)c2cc(C)cc(C#C[Si](C(C)C)(C(C)C)C(C)C)c2)c1C. The number of rotatable bonds is 7. The van der Waals surface area contributed by atoms with Gasteiger partial charge in [0, 0.05) is 28.6 Å². The molecule has 0 radical (unpaired) electrons. The summed E-state index contributed by atoms with van der Waals surface area (Å²) in [4.78, 5) is 19.8. The highest BCUT2D eigenvalue weighted by molar-refractivity contribution is 6.90. The lowest BCUT2D eigenvalue weighted by molar-refractivity contribution is 0.0577. The number of carbonyl (C=O) groups is 1. The molecule has 0 aliphatic carbocycles. The minimum Gasteiger partial charge on any atom is -0.496 e. The van der Waals surface area contributed by atoms with Gasteiger partial charge in [-0.1, -0.05) is 47.5 Å². The Bertz CT molecular complexity index is 1180. The highest BCUT2D eigenvalue weighted by atomic mass is 28.3. The highest BCUT2D eigenvalue weighted by Gasteiger charge is 2.41. The normalized spacial score (nSPS) is 12.0. The Morgan fingerprint density at radius 2 is 1.58 bits per heavy atom. The predicted octanol–water partition coefficient (Wildman–Crippen LogP) is 8.53. The Morgan fingerprint density at radius 1 is 1.00 bits per heavy atom. The van der Waals surface area contributed by atoms with Gasteiger partial charge in [-0.25, -0.2) is 4.79 Å². The Hall–Kier alpha value is -2.78. The highest BCUT2D eigenvalue weighted by Crippen LogP contribution is 2.41. The van der Waals surface area contributed by atoms with Crippen molar-refractivity contribution in [3.05, 3.63) is 52.3 Å². The topological polar surface area (TPSA) is 51.7 Å². The summed E-state index contributed by atoms with van der Waals surface area (Å²) < 4.78 is 11.4. The summed E-state index contributed by atoms with van der Waals surface area (Å²) >= 11 is 0. The van der Waals surface area contributed by atoms with Crippen LogP contribution in [0.3, 0.4) is 0 Å². The van der Waals surface area contributed by atoms with Crippen LogP contribution in [-0.2, 0) is 11.3 Å². The molecule has 1 amide bonds. The van der Waals surface area contributed by atoms with Crippen molar-refractivity contribution in [2.45, 2.75) is 112 Å². The van der Waals surface area contributed by atoms with E-state index < -0.39 is 19.8 Å². The van der Waals surface area contributed by atoms with Gasteiger partial charge in [0.25, 0.3) is 0 Å². The van der Waals surface area contributed by atoms with E-state index in [0.29, 0.717) is 16.6 Å². The maximum absolute atomic E-state index is 13.5. The number of hydrogen-bond donors (Lipinski definition) is 0. The van der Waals surface area contributed by atoms with Gasteiger partial charge in [0.15, 0.2) is 0 Å². The molecule has 0 bridgehead atoms. The molecule has 2 rings (SSSR count). The monoisotopic (exact) mass is 536 g/mol. The van der Waals surface area contributed by atoms with E-state index in [1.807, 2.05) is 53.7 Å². The second-order valence-corrected chi connectivity index (χ2v) is 17.9. The quantitative estimate of drug-likeness (QED) is 0.263. The lowest BCUT2D eigenvalue weighted by atomic mass is 10.1. The number of carbonyl (C=O) groups excluding carboxylic acids is 1. The van der Waals surface area contributed by atoms with Gasteiger partial charge in [0.1, 0.15) is 19.4 Å². The van der Waals surface area contributed by atoms with E-state index in [0.717, 1.165) is 39.4 Å². The molecule has 0 saturated heterocycles. The molecular formula is C32H48N2O3Si. The molecule has 0 fully saturated rings. The van der Waals surface area contributed by atoms with Gasteiger partial charge < -0.3 is 9.47 Å². The number of hydrogen-bond acceptors (Lipinski definition) is 4. The summed E-state index contributed by atoms with van der Waals surface area (Å²) in [6.45, 7) is 25.8. The zero-order valence-corrected chi connectivity index (χ0v) is 26.9. The molecule has 6 heteroatoms. The maximum Gasteiger partial charge on any atom is 0.415 e. The number of amides is 1. The molecule has 0 unspecified atom stereocenters. The average molecular weight is 537 g/mol. The number of aryl methyl sites for hydroxylation is 2. The predicted molar refractivity (Wildman–Crippen MR) is 162 cm³/mol. The van der Waals surface area contributed by atoms with Crippen LogP contribution in [0.2, 0.25) is 16.6 Å². The number of pyridine rings is 1. The van der Waals surface area contributed by atoms with Crippen molar-refractivity contribution < 1.29 is 14.3 Å². The second kappa shape index (κ2) is 12.4. The Balaban J connectivity index is 2.66. The van der Waals surface area contributed by atoms with E-state index in [2.05, 4.69) is 64.1 Å². The molecular weight excluding hydrogens is 488 g/mol. The van der Waals surface area contributed by atoms with Gasteiger partial charge in [-0.2, -0.15) is 0 Å². The lowest BCUT2D eigenvalue weighted by Gasteiger charge is -2.38. The fourth-order valence-corrected chi connectivity index (χ4v) is 10.8.